The van der Waals surface area contributed by atoms with Crippen LogP contribution in [0.4, 0.5) is 4.39 Å². The van der Waals surface area contributed by atoms with Gasteiger partial charge in [-0.3, -0.25) is 0 Å². The maximum Gasteiger partial charge on any atom is 0.171 e. The number of pyridine rings is 1. The van der Waals surface area contributed by atoms with Gasteiger partial charge in [-0.1, -0.05) is 29.3 Å². The molecule has 0 atom stereocenters. The highest BCUT2D eigenvalue weighted by atomic mass is 35.5. The van der Waals surface area contributed by atoms with Crippen LogP contribution in [0.5, 0.6) is 5.75 Å². The van der Waals surface area contributed by atoms with E-state index in [0.717, 1.165) is 5.56 Å². The number of hydrogen-bond donors (Lipinski definition) is 0. The van der Waals surface area contributed by atoms with E-state index in [0.29, 0.717) is 10.9 Å². The van der Waals surface area contributed by atoms with E-state index in [1.54, 1.807) is 24.4 Å². The third-order valence-corrected chi connectivity index (χ3v) is 2.68. The maximum atomic E-state index is 12.9. The molecule has 17 heavy (non-hydrogen) atoms. The zero-order chi connectivity index (χ0) is 12.3. The van der Waals surface area contributed by atoms with Gasteiger partial charge in [0.2, 0.25) is 0 Å². The molecule has 0 N–H and O–H groups in total. The molecule has 1 aromatic carbocycles. The summed E-state index contributed by atoms with van der Waals surface area (Å²) in [7, 11) is 0. The maximum absolute atomic E-state index is 12.9. The zero-order valence-electron chi connectivity index (χ0n) is 8.66. The van der Waals surface area contributed by atoms with Crippen molar-refractivity contribution in [1.82, 2.24) is 4.98 Å². The van der Waals surface area contributed by atoms with Crippen LogP contribution < -0.4 is 4.74 Å². The van der Waals surface area contributed by atoms with Gasteiger partial charge in [0.1, 0.15) is 12.4 Å². The van der Waals surface area contributed by atoms with Crippen molar-refractivity contribution in [2.45, 2.75) is 6.61 Å². The molecule has 2 nitrogen and oxygen atoms in total. The van der Waals surface area contributed by atoms with Crippen LogP contribution in [0.1, 0.15) is 5.56 Å². The Morgan fingerprint density at radius 1 is 1.24 bits per heavy atom. The molecule has 0 bridgehead atoms. The number of hydrogen-bond acceptors (Lipinski definition) is 2. The number of nitrogens with zero attached hydrogens (tertiary/aromatic N) is 1. The van der Waals surface area contributed by atoms with E-state index in [1.165, 1.54) is 12.1 Å². The summed E-state index contributed by atoms with van der Waals surface area (Å²) in [6.07, 6.45) is 1.57. The van der Waals surface area contributed by atoms with Crippen molar-refractivity contribution in [1.29, 1.82) is 0 Å². The standard InChI is InChI=1S/C12H8Cl2FNO/c13-9-6-8(3-4-10(9)15)7-17-11-2-1-5-16-12(11)14/h1-6H,7H2. The molecule has 0 radical (unpaired) electrons. The minimum atomic E-state index is -0.449. The number of rotatable bonds is 3. The summed E-state index contributed by atoms with van der Waals surface area (Å²) in [6, 6.07) is 7.85. The van der Waals surface area contributed by atoms with Crippen molar-refractivity contribution in [3.8, 4) is 5.75 Å². The van der Waals surface area contributed by atoms with E-state index < -0.39 is 5.82 Å². The van der Waals surface area contributed by atoms with E-state index in [9.17, 15) is 4.39 Å². The Bertz CT molecular complexity index is 534. The van der Waals surface area contributed by atoms with E-state index in [2.05, 4.69) is 4.98 Å². The Morgan fingerprint density at radius 2 is 2.06 bits per heavy atom. The second-order valence-corrected chi connectivity index (χ2v) is 4.09. The summed E-state index contributed by atoms with van der Waals surface area (Å²) in [5, 5.41) is 0.365. The van der Waals surface area contributed by atoms with E-state index in [-0.39, 0.29) is 11.6 Å². The molecule has 0 spiro atoms. The van der Waals surface area contributed by atoms with Gasteiger partial charge in [0.15, 0.2) is 10.9 Å². The number of ether oxygens (including phenoxy) is 1. The van der Waals surface area contributed by atoms with Gasteiger partial charge in [0, 0.05) is 6.20 Å². The van der Waals surface area contributed by atoms with Crippen LogP contribution in [0.15, 0.2) is 36.5 Å². The normalized spacial score (nSPS) is 10.3. The second-order valence-electron chi connectivity index (χ2n) is 3.33. The predicted octanol–water partition coefficient (Wildman–Crippen LogP) is 4.11. The van der Waals surface area contributed by atoms with Gasteiger partial charge in [-0.05, 0) is 29.8 Å². The Kier molecular flexibility index (Phi) is 3.82. The molecule has 88 valence electrons. The summed E-state index contributed by atoms with van der Waals surface area (Å²) < 4.78 is 18.4. The first kappa shape index (κ1) is 12.1. The van der Waals surface area contributed by atoms with E-state index >= 15 is 0 Å². The fourth-order valence-corrected chi connectivity index (χ4v) is 1.65. The number of aromatic nitrogens is 1. The molecular weight excluding hydrogens is 264 g/mol. The minimum Gasteiger partial charge on any atom is -0.486 e. The zero-order valence-corrected chi connectivity index (χ0v) is 10.2. The topological polar surface area (TPSA) is 22.1 Å². The monoisotopic (exact) mass is 271 g/mol. The van der Waals surface area contributed by atoms with Crippen LogP contribution in [0.25, 0.3) is 0 Å². The minimum absolute atomic E-state index is 0.0726. The van der Waals surface area contributed by atoms with Crippen molar-refractivity contribution in [3.05, 3.63) is 58.1 Å². The Hall–Kier alpha value is -1.32. The molecule has 0 aliphatic heterocycles. The second kappa shape index (κ2) is 5.34. The van der Waals surface area contributed by atoms with Crippen LogP contribution >= 0.6 is 23.2 Å². The summed E-state index contributed by atoms with van der Waals surface area (Å²) in [5.41, 5.74) is 0.760. The van der Waals surface area contributed by atoms with Crippen molar-refractivity contribution >= 4 is 23.2 Å². The molecule has 0 fully saturated rings. The first-order chi connectivity index (χ1) is 8.16. The number of benzene rings is 1. The highest BCUT2D eigenvalue weighted by molar-refractivity contribution is 6.31. The van der Waals surface area contributed by atoms with Gasteiger partial charge < -0.3 is 4.74 Å². The van der Waals surface area contributed by atoms with Gasteiger partial charge in [-0.15, -0.1) is 0 Å². The fourth-order valence-electron chi connectivity index (χ4n) is 1.27. The van der Waals surface area contributed by atoms with Gasteiger partial charge in [0.25, 0.3) is 0 Å². The molecule has 0 aliphatic rings. The van der Waals surface area contributed by atoms with Gasteiger partial charge in [0.05, 0.1) is 5.02 Å². The lowest BCUT2D eigenvalue weighted by Gasteiger charge is -2.07. The summed E-state index contributed by atoms with van der Waals surface area (Å²) in [5.74, 6) is 0.0319. The molecule has 0 saturated heterocycles. The molecular formula is C12H8Cl2FNO. The lowest BCUT2D eigenvalue weighted by Crippen LogP contribution is -1.97. The van der Waals surface area contributed by atoms with Crippen LogP contribution in [0, 0.1) is 5.82 Å². The molecule has 0 saturated carbocycles. The Labute approximate surface area is 108 Å². The molecule has 0 aliphatic carbocycles. The Morgan fingerprint density at radius 3 is 2.76 bits per heavy atom. The van der Waals surface area contributed by atoms with Crippen LogP contribution in [0.2, 0.25) is 10.2 Å². The molecule has 5 heteroatoms. The van der Waals surface area contributed by atoms with Crippen molar-refractivity contribution in [2.75, 3.05) is 0 Å². The third-order valence-electron chi connectivity index (χ3n) is 2.10. The average Bonchev–Trinajstić information content (AvgIpc) is 2.32. The molecule has 1 aromatic heterocycles. The van der Waals surface area contributed by atoms with Crippen molar-refractivity contribution in [2.24, 2.45) is 0 Å². The summed E-state index contributed by atoms with van der Waals surface area (Å²) in [4.78, 5) is 3.88. The molecule has 2 rings (SSSR count). The predicted molar refractivity (Wildman–Crippen MR) is 65.0 cm³/mol. The molecule has 1 heterocycles. The van der Waals surface area contributed by atoms with Gasteiger partial charge in [-0.25, -0.2) is 9.37 Å². The van der Waals surface area contributed by atoms with E-state index in [1.807, 2.05) is 0 Å². The summed E-state index contributed by atoms with van der Waals surface area (Å²) in [6.45, 7) is 0.255. The van der Waals surface area contributed by atoms with Crippen LogP contribution in [0.3, 0.4) is 0 Å². The highest BCUT2D eigenvalue weighted by Gasteiger charge is 2.04. The average molecular weight is 272 g/mol. The third kappa shape index (κ3) is 3.08. The Balaban J connectivity index is 2.08. The first-order valence-electron chi connectivity index (χ1n) is 4.84. The highest BCUT2D eigenvalue weighted by Crippen LogP contribution is 2.22. The molecule has 2 aromatic rings. The largest absolute Gasteiger partial charge is 0.486 e. The lowest BCUT2D eigenvalue weighted by atomic mass is 10.2. The SMILES string of the molecule is Fc1ccc(COc2cccnc2Cl)cc1Cl. The first-order valence-corrected chi connectivity index (χ1v) is 5.59. The smallest absolute Gasteiger partial charge is 0.171 e. The van der Waals surface area contributed by atoms with Crippen LogP contribution in [-0.2, 0) is 6.61 Å². The van der Waals surface area contributed by atoms with Gasteiger partial charge in [-0.2, -0.15) is 0 Å². The quantitative estimate of drug-likeness (QED) is 0.784. The van der Waals surface area contributed by atoms with E-state index in [4.69, 9.17) is 27.9 Å². The van der Waals surface area contributed by atoms with Crippen molar-refractivity contribution in [3.63, 3.8) is 0 Å². The lowest BCUT2D eigenvalue weighted by molar-refractivity contribution is 0.305. The molecule has 0 amide bonds. The molecule has 0 unspecified atom stereocenters. The fraction of sp³-hybridized carbons (Fsp3) is 0.0833. The van der Waals surface area contributed by atoms with Crippen molar-refractivity contribution < 1.29 is 9.13 Å². The van der Waals surface area contributed by atoms with Gasteiger partial charge >= 0.3 is 0 Å². The number of halogens is 3. The summed E-state index contributed by atoms with van der Waals surface area (Å²) >= 11 is 11.5. The van der Waals surface area contributed by atoms with Crippen LogP contribution in [-0.4, -0.2) is 4.98 Å².